The lowest BCUT2D eigenvalue weighted by atomic mass is 9.95. The fraction of sp³-hybridized carbons (Fsp3) is 0.500. The molecule has 90 valence electrons. The number of benzene rings is 1. The van der Waals surface area contributed by atoms with E-state index in [1.165, 1.54) is 0 Å². The third-order valence-electron chi connectivity index (χ3n) is 2.74. The summed E-state index contributed by atoms with van der Waals surface area (Å²) in [5, 5.41) is 20.4. The molecule has 0 aliphatic rings. The maximum absolute atomic E-state index is 10.0. The summed E-state index contributed by atoms with van der Waals surface area (Å²) < 4.78 is 0. The third kappa shape index (κ3) is 2.97. The van der Waals surface area contributed by atoms with Gasteiger partial charge in [0.1, 0.15) is 6.10 Å². The smallest absolute Gasteiger partial charge is 0.105 e. The van der Waals surface area contributed by atoms with E-state index in [1.54, 1.807) is 0 Å². The first-order valence-electron chi connectivity index (χ1n) is 5.26. The molecule has 0 aromatic heterocycles. The highest BCUT2D eigenvalue weighted by Crippen LogP contribution is 2.26. The molecule has 0 heterocycles. The van der Waals surface area contributed by atoms with Crippen LogP contribution >= 0.6 is 15.9 Å². The van der Waals surface area contributed by atoms with Gasteiger partial charge in [0.25, 0.3) is 0 Å². The van der Waals surface area contributed by atoms with Crippen molar-refractivity contribution < 1.29 is 10.2 Å². The van der Waals surface area contributed by atoms with Gasteiger partial charge in [0.2, 0.25) is 0 Å². The van der Waals surface area contributed by atoms with Crippen LogP contribution < -0.4 is 5.73 Å². The van der Waals surface area contributed by atoms with E-state index in [4.69, 9.17) is 5.73 Å². The van der Waals surface area contributed by atoms with Gasteiger partial charge in [-0.05, 0) is 43.0 Å². The number of anilines is 1. The fourth-order valence-electron chi connectivity index (χ4n) is 1.66. The highest BCUT2D eigenvalue weighted by Gasteiger charge is 2.20. The van der Waals surface area contributed by atoms with Gasteiger partial charge in [-0.3, -0.25) is 0 Å². The Labute approximate surface area is 104 Å². The lowest BCUT2D eigenvalue weighted by molar-refractivity contribution is 0.0170. The lowest BCUT2D eigenvalue weighted by Crippen LogP contribution is -2.19. The highest BCUT2D eigenvalue weighted by molar-refractivity contribution is 9.09. The zero-order chi connectivity index (χ0) is 12.3. The molecule has 0 aliphatic heterocycles. The molecule has 0 saturated carbocycles. The van der Waals surface area contributed by atoms with Crippen LogP contribution in [0.3, 0.4) is 0 Å². The van der Waals surface area contributed by atoms with Crippen molar-refractivity contribution in [2.75, 3.05) is 11.1 Å². The van der Waals surface area contributed by atoms with Gasteiger partial charge in [-0.25, -0.2) is 0 Å². The van der Waals surface area contributed by atoms with Crippen LogP contribution in [0.25, 0.3) is 0 Å². The number of hydrogen-bond donors (Lipinski definition) is 3. The molecule has 0 aliphatic carbocycles. The first kappa shape index (κ1) is 13.5. The van der Waals surface area contributed by atoms with Crippen LogP contribution in [-0.4, -0.2) is 21.6 Å². The summed E-state index contributed by atoms with van der Waals surface area (Å²) in [7, 11) is 0. The van der Waals surface area contributed by atoms with Crippen LogP contribution in [-0.2, 0) is 0 Å². The Morgan fingerprint density at radius 2 is 1.88 bits per heavy atom. The quantitative estimate of drug-likeness (QED) is 0.587. The van der Waals surface area contributed by atoms with Gasteiger partial charge in [0.05, 0.1) is 6.10 Å². The molecule has 4 N–H and O–H groups in total. The van der Waals surface area contributed by atoms with E-state index in [0.29, 0.717) is 17.4 Å². The molecule has 0 spiro atoms. The molecule has 1 rings (SSSR count). The Bertz CT molecular complexity index is 368. The molecule has 0 bridgehead atoms. The Kier molecular flexibility index (Phi) is 4.77. The van der Waals surface area contributed by atoms with Crippen molar-refractivity contribution in [3.05, 3.63) is 28.8 Å². The number of halogens is 1. The van der Waals surface area contributed by atoms with Gasteiger partial charge in [-0.1, -0.05) is 22.0 Å². The molecule has 0 radical (unpaired) electrons. The first-order chi connectivity index (χ1) is 7.47. The minimum atomic E-state index is -0.850. The van der Waals surface area contributed by atoms with E-state index >= 15 is 0 Å². The van der Waals surface area contributed by atoms with E-state index in [1.807, 2.05) is 26.0 Å². The van der Waals surface area contributed by atoms with Crippen LogP contribution in [0.4, 0.5) is 5.69 Å². The standard InChI is InChI=1S/C12H18BrNO2/c1-7-6-10(14)8(2)5-9(7)12(16)11(15)3-4-13/h5-6,11-12,15-16H,3-4,14H2,1-2H3. The highest BCUT2D eigenvalue weighted by atomic mass is 79.9. The second kappa shape index (κ2) is 5.66. The van der Waals surface area contributed by atoms with Gasteiger partial charge in [0.15, 0.2) is 0 Å². The molecule has 2 unspecified atom stereocenters. The van der Waals surface area contributed by atoms with E-state index in [9.17, 15) is 10.2 Å². The predicted molar refractivity (Wildman–Crippen MR) is 69.7 cm³/mol. The molecule has 1 aromatic rings. The van der Waals surface area contributed by atoms with Crippen molar-refractivity contribution >= 4 is 21.6 Å². The zero-order valence-electron chi connectivity index (χ0n) is 9.57. The summed E-state index contributed by atoms with van der Waals surface area (Å²) in [6, 6.07) is 3.67. The number of aryl methyl sites for hydroxylation is 2. The van der Waals surface area contributed by atoms with Crippen LogP contribution in [0.5, 0.6) is 0 Å². The number of aliphatic hydroxyl groups excluding tert-OH is 2. The molecule has 0 amide bonds. The predicted octanol–water partition coefficient (Wildman–Crippen LogP) is 2.06. The summed E-state index contributed by atoms with van der Waals surface area (Å²) >= 11 is 3.24. The van der Waals surface area contributed by atoms with E-state index in [0.717, 1.165) is 16.7 Å². The number of rotatable bonds is 4. The number of nitrogen functional groups attached to an aromatic ring is 1. The van der Waals surface area contributed by atoms with Crippen LogP contribution in [0.1, 0.15) is 29.2 Å². The minimum absolute atomic E-state index is 0.518. The van der Waals surface area contributed by atoms with E-state index in [-0.39, 0.29) is 0 Å². The van der Waals surface area contributed by atoms with Crippen molar-refractivity contribution in [1.82, 2.24) is 0 Å². The van der Waals surface area contributed by atoms with Gasteiger partial charge in [0, 0.05) is 11.0 Å². The summed E-state index contributed by atoms with van der Waals surface area (Å²) in [5.74, 6) is 0. The topological polar surface area (TPSA) is 66.5 Å². The van der Waals surface area contributed by atoms with Crippen LogP contribution in [0, 0.1) is 13.8 Å². The number of hydrogen-bond acceptors (Lipinski definition) is 3. The SMILES string of the molecule is Cc1cc(C(O)C(O)CCBr)c(C)cc1N. The summed E-state index contributed by atoms with van der Waals surface area (Å²) in [5.41, 5.74) is 9.06. The molecule has 1 aromatic carbocycles. The van der Waals surface area contributed by atoms with Crippen molar-refractivity contribution in [1.29, 1.82) is 0 Å². The van der Waals surface area contributed by atoms with E-state index in [2.05, 4.69) is 15.9 Å². The van der Waals surface area contributed by atoms with Crippen molar-refractivity contribution in [2.45, 2.75) is 32.5 Å². The second-order valence-electron chi connectivity index (χ2n) is 4.06. The largest absolute Gasteiger partial charge is 0.399 e. The van der Waals surface area contributed by atoms with Gasteiger partial charge in [-0.2, -0.15) is 0 Å². The van der Waals surface area contributed by atoms with Crippen molar-refractivity contribution in [2.24, 2.45) is 0 Å². The number of aliphatic hydroxyl groups is 2. The zero-order valence-corrected chi connectivity index (χ0v) is 11.2. The normalized spacial score (nSPS) is 14.8. The van der Waals surface area contributed by atoms with Gasteiger partial charge in [-0.15, -0.1) is 0 Å². The second-order valence-corrected chi connectivity index (χ2v) is 4.85. The first-order valence-corrected chi connectivity index (χ1v) is 6.38. The molecular formula is C12H18BrNO2. The Morgan fingerprint density at radius 3 is 2.44 bits per heavy atom. The summed E-state index contributed by atoms with van der Waals surface area (Å²) in [6.45, 7) is 3.77. The fourth-order valence-corrected chi connectivity index (χ4v) is 2.13. The molecule has 2 atom stereocenters. The molecular weight excluding hydrogens is 270 g/mol. The summed E-state index contributed by atoms with van der Waals surface area (Å²) in [6.07, 6.45) is -1.08. The average molecular weight is 288 g/mol. The van der Waals surface area contributed by atoms with Crippen molar-refractivity contribution in [3.8, 4) is 0 Å². The Balaban J connectivity index is 2.99. The molecule has 16 heavy (non-hydrogen) atoms. The lowest BCUT2D eigenvalue weighted by Gasteiger charge is -2.20. The molecule has 0 fully saturated rings. The van der Waals surface area contributed by atoms with Crippen molar-refractivity contribution in [3.63, 3.8) is 0 Å². The van der Waals surface area contributed by atoms with Gasteiger partial charge < -0.3 is 15.9 Å². The average Bonchev–Trinajstić information content (AvgIpc) is 2.23. The van der Waals surface area contributed by atoms with Crippen LogP contribution in [0.15, 0.2) is 12.1 Å². The van der Waals surface area contributed by atoms with Gasteiger partial charge >= 0.3 is 0 Å². The maximum atomic E-state index is 10.0. The Hall–Kier alpha value is -0.580. The molecule has 0 saturated heterocycles. The monoisotopic (exact) mass is 287 g/mol. The summed E-state index contributed by atoms with van der Waals surface area (Å²) in [4.78, 5) is 0. The molecule has 3 nitrogen and oxygen atoms in total. The van der Waals surface area contributed by atoms with E-state index < -0.39 is 12.2 Å². The maximum Gasteiger partial charge on any atom is 0.105 e. The Morgan fingerprint density at radius 1 is 1.25 bits per heavy atom. The minimum Gasteiger partial charge on any atom is -0.399 e. The number of nitrogens with two attached hydrogens (primary N) is 1. The van der Waals surface area contributed by atoms with Crippen LogP contribution in [0.2, 0.25) is 0 Å². The molecule has 4 heteroatoms. The third-order valence-corrected chi connectivity index (χ3v) is 3.20. The number of alkyl halides is 1.